The lowest BCUT2D eigenvalue weighted by molar-refractivity contribution is -0.137. The maximum absolute atomic E-state index is 10.4. The van der Waals surface area contributed by atoms with Crippen molar-refractivity contribution in [1.82, 2.24) is 0 Å². The lowest BCUT2D eigenvalue weighted by Crippen LogP contribution is -2.32. The third-order valence-electron chi connectivity index (χ3n) is 1.48. The molecule has 6 heteroatoms. The lowest BCUT2D eigenvalue weighted by Gasteiger charge is -2.04. The highest BCUT2D eigenvalue weighted by molar-refractivity contribution is 9.10. The number of hydrogen-bond donors (Lipinski definition) is 2. The Morgan fingerprint density at radius 2 is 2.50 bits per heavy atom. The number of thioether (sulfide) groups is 1. The number of nitrogens with two attached hydrogens (primary N) is 1. The molecule has 1 aromatic rings. The first-order valence-electron chi connectivity index (χ1n) is 3.88. The third kappa shape index (κ3) is 4.00. The van der Waals surface area contributed by atoms with Crippen molar-refractivity contribution in [3.05, 3.63) is 20.8 Å². The van der Waals surface area contributed by atoms with Crippen molar-refractivity contribution >= 4 is 45.0 Å². The van der Waals surface area contributed by atoms with Crippen LogP contribution in [0.2, 0.25) is 0 Å². The molecule has 1 rings (SSSR count). The van der Waals surface area contributed by atoms with E-state index in [-0.39, 0.29) is 0 Å². The molecule has 0 radical (unpaired) electrons. The molecule has 1 heterocycles. The van der Waals surface area contributed by atoms with Crippen LogP contribution < -0.4 is 5.73 Å². The van der Waals surface area contributed by atoms with Crippen LogP contribution in [-0.2, 0) is 10.5 Å². The average molecular weight is 296 g/mol. The molecule has 0 amide bonds. The largest absolute Gasteiger partial charge is 0.480 e. The Kier molecular flexibility index (Phi) is 4.94. The van der Waals surface area contributed by atoms with Crippen LogP contribution in [0.3, 0.4) is 0 Å². The summed E-state index contributed by atoms with van der Waals surface area (Å²) in [5.74, 6) is 0.326. The van der Waals surface area contributed by atoms with Gasteiger partial charge in [0.2, 0.25) is 0 Å². The number of aliphatic carboxylic acids is 1. The van der Waals surface area contributed by atoms with Crippen LogP contribution in [0, 0.1) is 0 Å². The minimum absolute atomic E-state index is 0.449. The van der Waals surface area contributed by atoms with Crippen LogP contribution in [0.5, 0.6) is 0 Å². The molecule has 0 spiro atoms. The van der Waals surface area contributed by atoms with Gasteiger partial charge >= 0.3 is 5.97 Å². The number of hydrogen-bond acceptors (Lipinski definition) is 4. The molecule has 0 fully saturated rings. The fourth-order valence-corrected chi connectivity index (χ4v) is 3.34. The standard InChI is InChI=1S/C8H10BrNO2S2/c9-5-1-6(14-2-5)3-13-4-7(10)8(11)12/h1-2,7H,3-4,10H2,(H,11,12)/t7-/m0/s1. The molecular weight excluding hydrogens is 286 g/mol. The first kappa shape index (κ1) is 12.0. The number of halogens is 1. The van der Waals surface area contributed by atoms with Crippen molar-refractivity contribution < 1.29 is 9.90 Å². The second-order valence-corrected chi connectivity index (χ2v) is 5.63. The third-order valence-corrected chi connectivity index (χ3v) is 4.47. The predicted octanol–water partition coefficient (Wildman–Crippen LogP) is 2.16. The van der Waals surface area contributed by atoms with Gasteiger partial charge in [-0.1, -0.05) is 0 Å². The van der Waals surface area contributed by atoms with Gasteiger partial charge in [0.05, 0.1) is 0 Å². The molecule has 1 atom stereocenters. The van der Waals surface area contributed by atoms with Crippen LogP contribution >= 0.6 is 39.0 Å². The first-order valence-corrected chi connectivity index (χ1v) is 6.71. The van der Waals surface area contributed by atoms with E-state index >= 15 is 0 Å². The number of carboxylic acid groups (broad SMARTS) is 1. The Hall–Kier alpha value is -0.0400. The summed E-state index contributed by atoms with van der Waals surface area (Å²) in [6.45, 7) is 0. The maximum atomic E-state index is 10.4. The second-order valence-electron chi connectivity index (χ2n) is 2.69. The summed E-state index contributed by atoms with van der Waals surface area (Å²) in [5.41, 5.74) is 5.36. The van der Waals surface area contributed by atoms with E-state index in [2.05, 4.69) is 15.9 Å². The van der Waals surface area contributed by atoms with Crippen molar-refractivity contribution in [3.63, 3.8) is 0 Å². The summed E-state index contributed by atoms with van der Waals surface area (Å²) in [4.78, 5) is 11.6. The molecule has 0 bridgehead atoms. The van der Waals surface area contributed by atoms with Crippen molar-refractivity contribution in [3.8, 4) is 0 Å². The fraction of sp³-hybridized carbons (Fsp3) is 0.375. The highest BCUT2D eigenvalue weighted by Gasteiger charge is 2.10. The zero-order valence-corrected chi connectivity index (χ0v) is 10.5. The van der Waals surface area contributed by atoms with E-state index in [4.69, 9.17) is 10.8 Å². The Balaban J connectivity index is 2.25. The van der Waals surface area contributed by atoms with Crippen molar-refractivity contribution in [1.29, 1.82) is 0 Å². The van der Waals surface area contributed by atoms with Gasteiger partial charge in [-0.05, 0) is 22.0 Å². The highest BCUT2D eigenvalue weighted by Crippen LogP contribution is 2.23. The normalized spacial score (nSPS) is 12.7. The summed E-state index contributed by atoms with van der Waals surface area (Å²) in [6.07, 6.45) is 0. The van der Waals surface area contributed by atoms with E-state index in [0.29, 0.717) is 5.75 Å². The molecule has 3 nitrogen and oxygen atoms in total. The molecule has 0 saturated carbocycles. The summed E-state index contributed by atoms with van der Waals surface area (Å²) >= 11 is 6.55. The smallest absolute Gasteiger partial charge is 0.321 e. The minimum atomic E-state index is -0.940. The van der Waals surface area contributed by atoms with E-state index in [1.54, 1.807) is 11.3 Å². The van der Waals surface area contributed by atoms with E-state index in [9.17, 15) is 4.79 Å². The molecule has 3 N–H and O–H groups in total. The molecule has 14 heavy (non-hydrogen) atoms. The van der Waals surface area contributed by atoms with Gasteiger partial charge in [0.1, 0.15) is 6.04 Å². The van der Waals surface area contributed by atoms with Crippen LogP contribution in [0.1, 0.15) is 4.88 Å². The van der Waals surface area contributed by atoms with E-state index in [0.717, 1.165) is 10.2 Å². The highest BCUT2D eigenvalue weighted by atomic mass is 79.9. The number of carboxylic acids is 1. The zero-order valence-electron chi connectivity index (χ0n) is 7.27. The van der Waals surface area contributed by atoms with Gasteiger partial charge in [-0.25, -0.2) is 0 Å². The van der Waals surface area contributed by atoms with Crippen molar-refractivity contribution in [2.75, 3.05) is 5.75 Å². The van der Waals surface area contributed by atoms with Gasteiger partial charge < -0.3 is 10.8 Å². The SMILES string of the molecule is N[C@@H](CSCc1cc(Br)cs1)C(=O)O. The van der Waals surface area contributed by atoms with Gasteiger partial charge in [-0.2, -0.15) is 11.8 Å². The van der Waals surface area contributed by atoms with Gasteiger partial charge in [-0.15, -0.1) is 11.3 Å². The minimum Gasteiger partial charge on any atom is -0.480 e. The molecule has 0 saturated heterocycles. The van der Waals surface area contributed by atoms with E-state index in [1.165, 1.54) is 16.6 Å². The molecule has 1 aromatic heterocycles. The summed E-state index contributed by atoms with van der Waals surface area (Å²) < 4.78 is 1.07. The number of rotatable bonds is 5. The molecule has 0 aliphatic rings. The summed E-state index contributed by atoms with van der Waals surface area (Å²) in [7, 11) is 0. The Morgan fingerprint density at radius 3 is 3.00 bits per heavy atom. The van der Waals surface area contributed by atoms with Crippen LogP contribution in [-0.4, -0.2) is 22.9 Å². The van der Waals surface area contributed by atoms with Gasteiger partial charge in [0, 0.05) is 26.2 Å². The Bertz CT molecular complexity index is 316. The van der Waals surface area contributed by atoms with E-state index in [1.807, 2.05) is 11.4 Å². The quantitative estimate of drug-likeness (QED) is 0.874. The molecule has 78 valence electrons. The van der Waals surface area contributed by atoms with Crippen LogP contribution in [0.25, 0.3) is 0 Å². The van der Waals surface area contributed by atoms with Gasteiger partial charge in [0.25, 0.3) is 0 Å². The average Bonchev–Trinajstić information content (AvgIpc) is 2.51. The van der Waals surface area contributed by atoms with E-state index < -0.39 is 12.0 Å². The van der Waals surface area contributed by atoms with Crippen molar-refractivity contribution in [2.45, 2.75) is 11.8 Å². The summed E-state index contributed by atoms with van der Waals surface area (Å²) in [5, 5.41) is 10.5. The fourth-order valence-electron chi connectivity index (χ4n) is 0.787. The molecule has 0 aliphatic carbocycles. The second kappa shape index (κ2) is 5.75. The van der Waals surface area contributed by atoms with Gasteiger partial charge in [-0.3, -0.25) is 4.79 Å². The monoisotopic (exact) mass is 295 g/mol. The summed E-state index contributed by atoms with van der Waals surface area (Å²) in [6, 6.07) is 1.27. The molecule has 0 aromatic carbocycles. The lowest BCUT2D eigenvalue weighted by atomic mass is 10.4. The predicted molar refractivity (Wildman–Crippen MR) is 63.8 cm³/mol. The zero-order chi connectivity index (χ0) is 10.6. The Labute approximate surface area is 98.8 Å². The number of carbonyl (C=O) groups is 1. The van der Waals surface area contributed by atoms with Crippen molar-refractivity contribution in [2.24, 2.45) is 5.73 Å². The molecule has 0 aliphatic heterocycles. The Morgan fingerprint density at radius 1 is 1.79 bits per heavy atom. The topological polar surface area (TPSA) is 63.3 Å². The van der Waals surface area contributed by atoms with Crippen LogP contribution in [0.15, 0.2) is 15.9 Å². The van der Waals surface area contributed by atoms with Gasteiger partial charge in [0.15, 0.2) is 0 Å². The maximum Gasteiger partial charge on any atom is 0.321 e. The number of thiophene rings is 1. The molecular formula is C8H10BrNO2S2. The molecule has 0 unspecified atom stereocenters. The van der Waals surface area contributed by atoms with Crippen LogP contribution in [0.4, 0.5) is 0 Å². The first-order chi connectivity index (χ1) is 6.59.